The molecule has 2 rings (SSSR count). The predicted octanol–water partition coefficient (Wildman–Crippen LogP) is 1.24. The maximum atomic E-state index is 9.36. The maximum absolute atomic E-state index is 9.36. The van der Waals surface area contributed by atoms with E-state index in [-0.39, 0.29) is 0 Å². The van der Waals surface area contributed by atoms with Gasteiger partial charge in [0, 0.05) is 5.69 Å². The van der Waals surface area contributed by atoms with E-state index in [0.29, 0.717) is 5.69 Å². The molecule has 1 aliphatic rings. The SMILES string of the molecule is C#C[C@H](O)c1ccc2c(n1)CCC2. The van der Waals surface area contributed by atoms with Crippen LogP contribution >= 0.6 is 0 Å². The van der Waals surface area contributed by atoms with Crippen LogP contribution in [0.1, 0.15) is 29.5 Å². The summed E-state index contributed by atoms with van der Waals surface area (Å²) in [5.41, 5.74) is 3.00. The van der Waals surface area contributed by atoms with Crippen LogP contribution in [0, 0.1) is 12.3 Å². The average molecular weight is 173 g/mol. The topological polar surface area (TPSA) is 33.1 Å². The fourth-order valence-corrected chi connectivity index (χ4v) is 1.68. The lowest BCUT2D eigenvalue weighted by molar-refractivity contribution is 0.233. The van der Waals surface area contributed by atoms with Crippen molar-refractivity contribution in [1.82, 2.24) is 4.98 Å². The lowest BCUT2D eigenvalue weighted by Gasteiger charge is -2.04. The highest BCUT2D eigenvalue weighted by molar-refractivity contribution is 5.29. The molecule has 13 heavy (non-hydrogen) atoms. The summed E-state index contributed by atoms with van der Waals surface area (Å²) < 4.78 is 0. The second kappa shape index (κ2) is 3.20. The van der Waals surface area contributed by atoms with Gasteiger partial charge in [-0.05, 0) is 30.9 Å². The quantitative estimate of drug-likeness (QED) is 0.648. The Hall–Kier alpha value is -1.33. The fraction of sp³-hybridized carbons (Fsp3) is 0.364. The van der Waals surface area contributed by atoms with E-state index in [2.05, 4.69) is 10.9 Å². The van der Waals surface area contributed by atoms with E-state index in [4.69, 9.17) is 6.42 Å². The molecule has 0 saturated heterocycles. The predicted molar refractivity (Wildman–Crippen MR) is 50.1 cm³/mol. The van der Waals surface area contributed by atoms with Crippen molar-refractivity contribution in [3.63, 3.8) is 0 Å². The molecular weight excluding hydrogens is 162 g/mol. The monoisotopic (exact) mass is 173 g/mol. The second-order valence-electron chi connectivity index (χ2n) is 3.26. The van der Waals surface area contributed by atoms with Gasteiger partial charge in [-0.2, -0.15) is 0 Å². The molecule has 0 aromatic carbocycles. The number of hydrogen-bond donors (Lipinski definition) is 1. The zero-order valence-corrected chi connectivity index (χ0v) is 7.33. The van der Waals surface area contributed by atoms with Crippen molar-refractivity contribution in [3.8, 4) is 12.3 Å². The number of fused-ring (bicyclic) bond motifs is 1. The number of aliphatic hydroxyl groups excluding tert-OH is 1. The highest BCUT2D eigenvalue weighted by Gasteiger charge is 2.14. The summed E-state index contributed by atoms with van der Waals surface area (Å²) in [6.45, 7) is 0. The normalized spacial score (nSPS) is 16.3. The van der Waals surface area contributed by atoms with Gasteiger partial charge < -0.3 is 5.11 Å². The molecule has 1 N–H and O–H groups in total. The van der Waals surface area contributed by atoms with Crippen LogP contribution in [-0.4, -0.2) is 10.1 Å². The highest BCUT2D eigenvalue weighted by Crippen LogP contribution is 2.21. The van der Waals surface area contributed by atoms with Crippen molar-refractivity contribution in [2.24, 2.45) is 0 Å². The smallest absolute Gasteiger partial charge is 0.156 e. The third kappa shape index (κ3) is 1.43. The Bertz CT molecular complexity index is 365. The van der Waals surface area contributed by atoms with E-state index in [1.165, 1.54) is 5.56 Å². The summed E-state index contributed by atoms with van der Waals surface area (Å²) in [7, 11) is 0. The van der Waals surface area contributed by atoms with Crippen LogP contribution in [0.2, 0.25) is 0 Å². The number of terminal acetylenes is 1. The molecule has 2 nitrogen and oxygen atoms in total. The van der Waals surface area contributed by atoms with Gasteiger partial charge in [-0.15, -0.1) is 6.42 Å². The minimum atomic E-state index is -0.856. The molecule has 1 aromatic rings. The van der Waals surface area contributed by atoms with E-state index < -0.39 is 6.10 Å². The number of pyridine rings is 1. The van der Waals surface area contributed by atoms with Crippen molar-refractivity contribution < 1.29 is 5.11 Å². The first-order valence-electron chi connectivity index (χ1n) is 4.44. The Balaban J connectivity index is 2.37. The largest absolute Gasteiger partial charge is 0.374 e. The van der Waals surface area contributed by atoms with Gasteiger partial charge in [0.1, 0.15) is 0 Å². The minimum Gasteiger partial charge on any atom is -0.374 e. The zero-order chi connectivity index (χ0) is 9.26. The molecule has 0 bridgehead atoms. The number of rotatable bonds is 1. The molecule has 1 atom stereocenters. The van der Waals surface area contributed by atoms with E-state index in [0.717, 1.165) is 25.0 Å². The van der Waals surface area contributed by atoms with Crippen molar-refractivity contribution in [2.45, 2.75) is 25.4 Å². The van der Waals surface area contributed by atoms with E-state index in [1.807, 2.05) is 12.1 Å². The van der Waals surface area contributed by atoms with E-state index in [1.54, 1.807) is 0 Å². The summed E-state index contributed by atoms with van der Waals surface area (Å²) in [5.74, 6) is 2.27. The minimum absolute atomic E-state index is 0.600. The standard InChI is InChI=1S/C11H11NO/c1-2-11(13)10-7-6-8-4-3-5-9(8)12-10/h1,6-7,11,13H,3-5H2/t11-/m0/s1. The molecule has 0 unspecified atom stereocenters. The van der Waals surface area contributed by atoms with Crippen LogP contribution in [-0.2, 0) is 12.8 Å². The first-order chi connectivity index (χ1) is 6.31. The van der Waals surface area contributed by atoms with Crippen LogP contribution in [0.15, 0.2) is 12.1 Å². The van der Waals surface area contributed by atoms with Crippen LogP contribution in [0.3, 0.4) is 0 Å². The fourth-order valence-electron chi connectivity index (χ4n) is 1.68. The first kappa shape index (κ1) is 8.28. The van der Waals surface area contributed by atoms with Gasteiger partial charge >= 0.3 is 0 Å². The van der Waals surface area contributed by atoms with Crippen LogP contribution in [0.4, 0.5) is 0 Å². The van der Waals surface area contributed by atoms with Gasteiger partial charge in [0.2, 0.25) is 0 Å². The first-order valence-corrected chi connectivity index (χ1v) is 4.44. The molecule has 2 heteroatoms. The maximum Gasteiger partial charge on any atom is 0.156 e. The van der Waals surface area contributed by atoms with E-state index >= 15 is 0 Å². The van der Waals surface area contributed by atoms with Crippen molar-refractivity contribution >= 4 is 0 Å². The Labute approximate surface area is 77.6 Å². The van der Waals surface area contributed by atoms with Gasteiger partial charge in [0.05, 0.1) is 5.69 Å². The Morgan fingerprint density at radius 1 is 1.46 bits per heavy atom. The molecule has 0 saturated carbocycles. The molecule has 0 fully saturated rings. The molecule has 0 spiro atoms. The summed E-state index contributed by atoms with van der Waals surface area (Å²) >= 11 is 0. The summed E-state index contributed by atoms with van der Waals surface area (Å²) in [4.78, 5) is 4.33. The number of aryl methyl sites for hydroxylation is 2. The average Bonchev–Trinajstić information content (AvgIpc) is 2.63. The number of hydrogen-bond acceptors (Lipinski definition) is 2. The number of aliphatic hydroxyl groups is 1. The van der Waals surface area contributed by atoms with Crippen LogP contribution in [0.5, 0.6) is 0 Å². The van der Waals surface area contributed by atoms with Gasteiger partial charge in [-0.3, -0.25) is 4.98 Å². The third-order valence-electron chi connectivity index (χ3n) is 2.39. The molecule has 0 radical (unpaired) electrons. The summed E-state index contributed by atoms with van der Waals surface area (Å²) in [6.07, 6.45) is 7.54. The number of nitrogens with zero attached hydrogens (tertiary/aromatic N) is 1. The summed E-state index contributed by atoms with van der Waals surface area (Å²) in [6, 6.07) is 3.83. The molecule has 1 heterocycles. The van der Waals surface area contributed by atoms with Crippen molar-refractivity contribution in [2.75, 3.05) is 0 Å². The Morgan fingerprint density at radius 2 is 2.31 bits per heavy atom. The molecule has 1 aliphatic carbocycles. The van der Waals surface area contributed by atoms with Gasteiger partial charge in [0.15, 0.2) is 6.10 Å². The number of aromatic nitrogens is 1. The molecular formula is C11H11NO. The molecule has 1 aromatic heterocycles. The van der Waals surface area contributed by atoms with Gasteiger partial charge in [0.25, 0.3) is 0 Å². The van der Waals surface area contributed by atoms with Crippen LogP contribution in [0.25, 0.3) is 0 Å². The second-order valence-corrected chi connectivity index (χ2v) is 3.26. The van der Waals surface area contributed by atoms with Gasteiger partial charge in [-0.1, -0.05) is 12.0 Å². The third-order valence-corrected chi connectivity index (χ3v) is 2.39. The molecule has 0 aliphatic heterocycles. The lowest BCUT2D eigenvalue weighted by Crippen LogP contribution is -2.00. The van der Waals surface area contributed by atoms with E-state index in [9.17, 15) is 5.11 Å². The Morgan fingerprint density at radius 3 is 3.08 bits per heavy atom. The van der Waals surface area contributed by atoms with Crippen molar-refractivity contribution in [1.29, 1.82) is 0 Å². The van der Waals surface area contributed by atoms with Gasteiger partial charge in [-0.25, -0.2) is 0 Å². The summed E-state index contributed by atoms with van der Waals surface area (Å²) in [5, 5.41) is 9.36. The zero-order valence-electron chi connectivity index (χ0n) is 7.33. The molecule has 66 valence electrons. The van der Waals surface area contributed by atoms with Crippen LogP contribution < -0.4 is 0 Å². The molecule has 0 amide bonds. The Kier molecular flexibility index (Phi) is 2.03. The highest BCUT2D eigenvalue weighted by atomic mass is 16.3. The van der Waals surface area contributed by atoms with Crippen molar-refractivity contribution in [3.05, 3.63) is 29.1 Å². The lowest BCUT2D eigenvalue weighted by atomic mass is 10.1.